The number of nitrogens with zero attached hydrogens (tertiary/aromatic N) is 2. The second-order valence-corrected chi connectivity index (χ2v) is 27.3. The Bertz CT molecular complexity index is 3440. The van der Waals surface area contributed by atoms with E-state index in [1.54, 1.807) is 0 Å². The molecule has 13 rings (SSSR count). The Labute approximate surface area is 509 Å². The van der Waals surface area contributed by atoms with Gasteiger partial charge in [-0.15, -0.1) is 0 Å². The molecular formula is C70H80B4N4O8. The number of rotatable bonds is 8. The zero-order valence-corrected chi connectivity index (χ0v) is 53.3. The Morgan fingerprint density at radius 1 is 0.256 bits per heavy atom. The first-order chi connectivity index (χ1) is 40.5. The van der Waals surface area contributed by atoms with Gasteiger partial charge in [-0.25, -0.2) is 9.97 Å². The monoisotopic (exact) mass is 1150 g/mol. The zero-order valence-electron chi connectivity index (χ0n) is 53.3. The molecule has 2 N–H and O–H groups in total. The third-order valence-corrected chi connectivity index (χ3v) is 19.7. The van der Waals surface area contributed by atoms with Crippen LogP contribution in [0.2, 0.25) is 0 Å². The van der Waals surface area contributed by atoms with Gasteiger partial charge >= 0.3 is 28.5 Å². The first kappa shape index (κ1) is 59.7. The van der Waals surface area contributed by atoms with Crippen LogP contribution < -0.4 is 21.9 Å². The van der Waals surface area contributed by atoms with Crippen molar-refractivity contribution in [1.29, 1.82) is 0 Å². The fourth-order valence-corrected chi connectivity index (χ4v) is 11.6. The smallest absolute Gasteiger partial charge is 0.399 e. The number of aromatic nitrogens is 4. The molecule has 12 nitrogen and oxygen atoms in total. The SMILES string of the molecule is CC.CC1(C)OB(c2ccc(-c3c4nc(c(-c5ccc(B6OC(C)(C)C(C)(C)O6)cc5)c5ccc([nH]5)c(-c5ccc(B6OC(C)(C)C(C)(C)O6)cc5)c5nc(c(-c6ccc(B7OC(C)(C)C(C)(C)O7)cc6)c6ccc3[nH]6)C=C5)C=C4)cc2)OC1(C)C. The largest absolute Gasteiger partial charge is 0.494 e. The molecule has 7 aromatic rings. The summed E-state index contributed by atoms with van der Waals surface area (Å²) in [6, 6.07) is 42.5. The van der Waals surface area contributed by atoms with Crippen LogP contribution in [0.1, 0.15) is 147 Å². The molecule has 16 heteroatoms. The molecule has 4 fully saturated rings. The normalized spacial score (nSPS) is 20.6. The Hall–Kier alpha value is -6.58. The van der Waals surface area contributed by atoms with Crippen molar-refractivity contribution < 1.29 is 37.2 Å². The lowest BCUT2D eigenvalue weighted by Gasteiger charge is -2.32. The number of hydrogen-bond donors (Lipinski definition) is 2. The third-order valence-electron chi connectivity index (χ3n) is 19.7. The van der Waals surface area contributed by atoms with E-state index < -0.39 is 73.3 Å². The van der Waals surface area contributed by atoms with E-state index in [0.717, 1.165) is 111 Å². The Kier molecular flexibility index (Phi) is 14.6. The van der Waals surface area contributed by atoms with Crippen LogP contribution in [0, 0.1) is 0 Å². The van der Waals surface area contributed by atoms with Gasteiger partial charge in [0, 0.05) is 44.3 Å². The summed E-state index contributed by atoms with van der Waals surface area (Å²) in [6.07, 6.45) is 8.49. The van der Waals surface area contributed by atoms with E-state index in [4.69, 9.17) is 47.2 Å². The van der Waals surface area contributed by atoms with Crippen LogP contribution in [0.4, 0.5) is 0 Å². The maximum atomic E-state index is 6.52. The van der Waals surface area contributed by atoms with Gasteiger partial charge in [0.1, 0.15) is 0 Å². The minimum Gasteiger partial charge on any atom is -0.399 e. The summed E-state index contributed by atoms with van der Waals surface area (Å²) in [6.45, 7) is 37.3. The van der Waals surface area contributed by atoms with E-state index in [-0.39, 0.29) is 0 Å². The molecule has 0 radical (unpaired) electrons. The summed E-state index contributed by atoms with van der Waals surface area (Å²) in [4.78, 5) is 19.1. The Morgan fingerprint density at radius 2 is 0.419 bits per heavy atom. The van der Waals surface area contributed by atoms with Gasteiger partial charge in [-0.1, -0.05) is 111 Å². The maximum Gasteiger partial charge on any atom is 0.494 e. The number of hydrogen-bond acceptors (Lipinski definition) is 10. The van der Waals surface area contributed by atoms with E-state index in [1.807, 2.05) is 13.8 Å². The summed E-state index contributed by atoms with van der Waals surface area (Å²) in [5, 5.41) is 0. The standard InChI is InChI=1S/C68H74B4N4O8.C2H6/c1-61(2)62(3,4)78-69(77-61)45-25-17-41(18-26-45)57-49-33-35-51(73-49)58(42-19-27-46(28-20-42)70-79-63(5,6)64(7,8)80-70)53-37-39-55(75-53)60(44-23-31-48(32-24-44)72-83-67(13,14)68(15,16)84-72)56-40-38-54(76-56)59(52-36-34-50(57)74-52)43-21-29-47(30-22-43)71-81-65(9,10)66(11,12)82-71;1-2/h17-40,73,76H,1-16H3;1-2H3. The number of benzene rings is 4. The van der Waals surface area contributed by atoms with Crippen molar-refractivity contribution >= 4 is 96.7 Å². The van der Waals surface area contributed by atoms with Gasteiger partial charge in [0.15, 0.2) is 0 Å². The predicted molar refractivity (Wildman–Crippen MR) is 355 cm³/mol. The second kappa shape index (κ2) is 21.1. The van der Waals surface area contributed by atoms with E-state index in [9.17, 15) is 0 Å². The fraction of sp³-hybridized carbons (Fsp3) is 0.371. The first-order valence-electron chi connectivity index (χ1n) is 30.5. The highest BCUT2D eigenvalue weighted by Gasteiger charge is 2.55. The number of nitrogens with one attached hydrogen (secondary N) is 2. The van der Waals surface area contributed by atoms with E-state index >= 15 is 0 Å². The van der Waals surface area contributed by atoms with Crippen LogP contribution in [0.25, 0.3) is 90.9 Å². The number of aromatic amines is 2. The van der Waals surface area contributed by atoms with E-state index in [1.165, 1.54) is 0 Å². The summed E-state index contributed by atoms with van der Waals surface area (Å²) >= 11 is 0. The molecule has 0 unspecified atom stereocenters. The molecule has 0 saturated carbocycles. The highest BCUT2D eigenvalue weighted by atomic mass is 16.7. The average molecular weight is 1150 g/mol. The molecule has 9 heterocycles. The van der Waals surface area contributed by atoms with Crippen molar-refractivity contribution in [2.75, 3.05) is 0 Å². The lowest BCUT2D eigenvalue weighted by Crippen LogP contribution is -2.41. The molecule has 0 spiro atoms. The molecule has 6 aliphatic rings. The third kappa shape index (κ3) is 10.3. The van der Waals surface area contributed by atoms with Gasteiger partial charge in [-0.2, -0.15) is 0 Å². The first-order valence-corrected chi connectivity index (χ1v) is 30.5. The summed E-state index contributed by atoms with van der Waals surface area (Å²) < 4.78 is 52.2. The van der Waals surface area contributed by atoms with Crippen molar-refractivity contribution in [3.63, 3.8) is 0 Å². The van der Waals surface area contributed by atoms with Crippen molar-refractivity contribution in [2.24, 2.45) is 0 Å². The van der Waals surface area contributed by atoms with Crippen molar-refractivity contribution in [3.05, 3.63) is 144 Å². The van der Waals surface area contributed by atoms with Crippen LogP contribution in [0.5, 0.6) is 0 Å². The molecule has 4 saturated heterocycles. The quantitative estimate of drug-likeness (QED) is 0.142. The van der Waals surface area contributed by atoms with Crippen LogP contribution in [0.15, 0.2) is 121 Å². The average Bonchev–Trinajstić information content (AvgIpc) is 3.49. The van der Waals surface area contributed by atoms with Crippen molar-refractivity contribution in [1.82, 2.24) is 19.9 Å². The minimum atomic E-state index is -0.514. The summed E-state index contributed by atoms with van der Waals surface area (Å²) in [5.41, 5.74) is 14.2. The van der Waals surface area contributed by atoms with Crippen molar-refractivity contribution in [2.45, 2.75) is 169 Å². The fourth-order valence-electron chi connectivity index (χ4n) is 11.6. The number of fused-ring (bicyclic) bond motifs is 8. The maximum absolute atomic E-state index is 6.52. The van der Waals surface area contributed by atoms with Crippen LogP contribution in [-0.2, 0) is 37.2 Å². The van der Waals surface area contributed by atoms with E-state index in [2.05, 4.69) is 266 Å². The summed E-state index contributed by atoms with van der Waals surface area (Å²) in [5.74, 6) is 0. The molecular weight excluding hydrogens is 1070 g/mol. The Morgan fingerprint density at radius 3 is 0.581 bits per heavy atom. The molecule has 0 aliphatic carbocycles. The lowest BCUT2D eigenvalue weighted by atomic mass is 9.78. The zero-order chi connectivity index (χ0) is 61.3. The molecule has 0 atom stereocenters. The van der Waals surface area contributed by atoms with Gasteiger partial charge in [0.05, 0.1) is 67.6 Å². The molecule has 3 aromatic heterocycles. The molecule has 86 heavy (non-hydrogen) atoms. The molecule has 0 amide bonds. The predicted octanol–water partition coefficient (Wildman–Crippen LogP) is 13.5. The topological polar surface area (TPSA) is 131 Å². The Balaban J connectivity index is 0.00000358. The molecule has 8 bridgehead atoms. The molecule has 4 aromatic carbocycles. The van der Waals surface area contributed by atoms with Crippen LogP contribution in [0.3, 0.4) is 0 Å². The number of H-pyrrole nitrogens is 2. The molecule has 440 valence electrons. The van der Waals surface area contributed by atoms with Crippen LogP contribution >= 0.6 is 0 Å². The van der Waals surface area contributed by atoms with Gasteiger partial charge in [0.25, 0.3) is 0 Å². The summed E-state index contributed by atoms with van der Waals surface area (Å²) in [7, 11) is -2.06. The lowest BCUT2D eigenvalue weighted by molar-refractivity contribution is 0.00578. The second-order valence-electron chi connectivity index (χ2n) is 27.3. The minimum absolute atomic E-state index is 0.483. The van der Waals surface area contributed by atoms with E-state index in [0.29, 0.717) is 0 Å². The van der Waals surface area contributed by atoms with Crippen molar-refractivity contribution in [3.8, 4) is 44.5 Å². The van der Waals surface area contributed by atoms with Gasteiger partial charge < -0.3 is 47.2 Å². The van der Waals surface area contributed by atoms with Crippen LogP contribution in [-0.4, -0.2) is 93.2 Å². The molecule has 6 aliphatic heterocycles. The highest BCUT2D eigenvalue weighted by molar-refractivity contribution is 6.63. The van der Waals surface area contributed by atoms with Gasteiger partial charge in [-0.3, -0.25) is 0 Å². The highest BCUT2D eigenvalue weighted by Crippen LogP contribution is 2.43. The van der Waals surface area contributed by atoms with Gasteiger partial charge in [0.2, 0.25) is 0 Å². The van der Waals surface area contributed by atoms with Gasteiger partial charge in [-0.05, 0) is 203 Å².